The Morgan fingerprint density at radius 1 is 1.15 bits per heavy atom. The fourth-order valence-corrected chi connectivity index (χ4v) is 4.57. The molecule has 3 rings (SSSR count). The fourth-order valence-electron chi connectivity index (χ4n) is 4.57. The van der Waals surface area contributed by atoms with E-state index < -0.39 is 0 Å². The van der Waals surface area contributed by atoms with Gasteiger partial charge in [0.05, 0.1) is 11.6 Å². The van der Waals surface area contributed by atoms with Crippen molar-refractivity contribution in [1.29, 1.82) is 5.26 Å². The van der Waals surface area contributed by atoms with E-state index in [0.717, 1.165) is 44.7 Å². The van der Waals surface area contributed by atoms with E-state index in [1.54, 1.807) is 0 Å². The second-order valence-corrected chi connectivity index (χ2v) is 8.07. The van der Waals surface area contributed by atoms with Gasteiger partial charge in [-0.3, -0.25) is 9.69 Å². The van der Waals surface area contributed by atoms with Gasteiger partial charge in [-0.25, -0.2) is 0 Å². The monoisotopic (exact) mass is 353 g/mol. The molecule has 2 fully saturated rings. The van der Waals surface area contributed by atoms with E-state index in [1.807, 2.05) is 18.2 Å². The molecule has 4 nitrogen and oxygen atoms in total. The van der Waals surface area contributed by atoms with Crippen LogP contribution in [0, 0.1) is 16.7 Å². The molecule has 1 aromatic rings. The van der Waals surface area contributed by atoms with E-state index in [4.69, 9.17) is 5.26 Å². The van der Waals surface area contributed by atoms with Crippen LogP contribution in [0.4, 0.5) is 0 Å². The standard InChI is InChI=1S/C22H31N3O/c1-2-5-21(26)25-14-10-22(11-15-25)8-4-12-24(13-9-22)18-20-7-3-6-19(16-20)17-23/h3,6-7,16H,2,4-5,8-15,18H2,1H3. The molecule has 2 heterocycles. The summed E-state index contributed by atoms with van der Waals surface area (Å²) in [6.07, 6.45) is 7.74. The van der Waals surface area contributed by atoms with E-state index in [0.29, 0.717) is 17.7 Å². The van der Waals surface area contributed by atoms with Crippen LogP contribution in [0.3, 0.4) is 0 Å². The molecule has 1 aromatic carbocycles. The number of likely N-dealkylation sites (tertiary alicyclic amines) is 2. The minimum absolute atomic E-state index is 0.343. The first kappa shape index (κ1) is 18.9. The maximum atomic E-state index is 12.1. The zero-order valence-electron chi connectivity index (χ0n) is 16.0. The molecule has 2 aliphatic rings. The second-order valence-electron chi connectivity index (χ2n) is 8.07. The lowest BCUT2D eigenvalue weighted by atomic mass is 9.73. The van der Waals surface area contributed by atoms with Crippen molar-refractivity contribution in [3.05, 3.63) is 35.4 Å². The average molecular weight is 354 g/mol. The molecule has 0 aliphatic carbocycles. The highest BCUT2D eigenvalue weighted by Gasteiger charge is 2.36. The van der Waals surface area contributed by atoms with Gasteiger partial charge in [-0.2, -0.15) is 5.26 Å². The predicted molar refractivity (Wildman–Crippen MR) is 103 cm³/mol. The summed E-state index contributed by atoms with van der Waals surface area (Å²) in [6.45, 7) is 7.17. The molecule has 2 saturated heterocycles. The summed E-state index contributed by atoms with van der Waals surface area (Å²) in [4.78, 5) is 16.8. The van der Waals surface area contributed by atoms with Gasteiger partial charge in [0.1, 0.15) is 0 Å². The van der Waals surface area contributed by atoms with Crippen LogP contribution in [-0.2, 0) is 11.3 Å². The van der Waals surface area contributed by atoms with Crippen LogP contribution in [0.25, 0.3) is 0 Å². The van der Waals surface area contributed by atoms with Crippen LogP contribution >= 0.6 is 0 Å². The molecule has 4 heteroatoms. The van der Waals surface area contributed by atoms with Gasteiger partial charge in [0.25, 0.3) is 0 Å². The lowest BCUT2D eigenvalue weighted by Gasteiger charge is -2.41. The molecule has 0 atom stereocenters. The number of nitrogens with zero attached hydrogens (tertiary/aromatic N) is 3. The zero-order chi connectivity index (χ0) is 18.4. The van der Waals surface area contributed by atoms with Crippen LogP contribution < -0.4 is 0 Å². The molecule has 1 amide bonds. The number of nitriles is 1. The van der Waals surface area contributed by atoms with Crippen LogP contribution in [0.2, 0.25) is 0 Å². The van der Waals surface area contributed by atoms with Crippen LogP contribution in [0.15, 0.2) is 24.3 Å². The van der Waals surface area contributed by atoms with Gasteiger partial charge in [0, 0.05) is 26.1 Å². The third-order valence-corrected chi connectivity index (χ3v) is 6.24. The summed E-state index contributed by atoms with van der Waals surface area (Å²) >= 11 is 0. The van der Waals surface area contributed by atoms with Crippen molar-refractivity contribution < 1.29 is 4.79 Å². The Balaban J connectivity index is 1.54. The molecule has 2 aliphatic heterocycles. The molecule has 0 radical (unpaired) electrons. The van der Waals surface area contributed by atoms with Gasteiger partial charge in [-0.15, -0.1) is 0 Å². The lowest BCUT2D eigenvalue weighted by molar-refractivity contribution is -0.133. The molecular formula is C22H31N3O. The Morgan fingerprint density at radius 2 is 1.92 bits per heavy atom. The number of amides is 1. The van der Waals surface area contributed by atoms with E-state index >= 15 is 0 Å². The zero-order valence-corrected chi connectivity index (χ0v) is 16.0. The average Bonchev–Trinajstić information content (AvgIpc) is 2.85. The quantitative estimate of drug-likeness (QED) is 0.823. The summed E-state index contributed by atoms with van der Waals surface area (Å²) in [6, 6.07) is 10.2. The maximum absolute atomic E-state index is 12.1. The molecule has 0 bridgehead atoms. The van der Waals surface area contributed by atoms with Gasteiger partial charge < -0.3 is 4.90 Å². The second kappa shape index (κ2) is 8.68. The number of carbonyl (C=O) groups excluding carboxylic acids is 1. The Labute approximate surface area is 157 Å². The molecule has 140 valence electrons. The van der Waals surface area contributed by atoms with Crippen LogP contribution in [0.1, 0.15) is 63.0 Å². The van der Waals surface area contributed by atoms with E-state index in [9.17, 15) is 4.79 Å². The fraction of sp³-hybridized carbons (Fsp3) is 0.636. The van der Waals surface area contributed by atoms with Crippen molar-refractivity contribution in [2.45, 2.75) is 58.4 Å². The summed E-state index contributed by atoms with van der Waals surface area (Å²) in [7, 11) is 0. The highest BCUT2D eigenvalue weighted by Crippen LogP contribution is 2.41. The minimum atomic E-state index is 0.343. The third kappa shape index (κ3) is 4.65. The van der Waals surface area contributed by atoms with Gasteiger partial charge >= 0.3 is 0 Å². The molecular weight excluding hydrogens is 322 g/mol. The largest absolute Gasteiger partial charge is 0.343 e. The van der Waals surface area contributed by atoms with E-state index in [-0.39, 0.29) is 0 Å². The summed E-state index contributed by atoms with van der Waals surface area (Å²) in [5, 5.41) is 9.08. The van der Waals surface area contributed by atoms with Crippen molar-refractivity contribution in [2.75, 3.05) is 26.2 Å². The van der Waals surface area contributed by atoms with E-state index in [1.165, 1.54) is 37.7 Å². The first-order valence-electron chi connectivity index (χ1n) is 10.1. The number of rotatable bonds is 4. The number of hydrogen-bond acceptors (Lipinski definition) is 3. The van der Waals surface area contributed by atoms with Gasteiger partial charge in [0.2, 0.25) is 5.91 Å². The van der Waals surface area contributed by atoms with Gasteiger partial charge in [-0.1, -0.05) is 19.1 Å². The number of benzene rings is 1. The molecule has 1 spiro atoms. The first-order valence-corrected chi connectivity index (χ1v) is 10.1. The van der Waals surface area contributed by atoms with Crippen molar-refractivity contribution in [3.63, 3.8) is 0 Å². The number of piperidine rings is 1. The Bertz CT molecular complexity index is 656. The third-order valence-electron chi connectivity index (χ3n) is 6.24. The maximum Gasteiger partial charge on any atom is 0.222 e. The highest BCUT2D eigenvalue weighted by molar-refractivity contribution is 5.76. The SMILES string of the molecule is CCCC(=O)N1CCC2(CCCN(Cc3cccc(C#N)c3)CC2)CC1. The van der Waals surface area contributed by atoms with Crippen molar-refractivity contribution >= 4 is 5.91 Å². The van der Waals surface area contributed by atoms with E-state index in [2.05, 4.69) is 28.9 Å². The van der Waals surface area contributed by atoms with Crippen molar-refractivity contribution in [3.8, 4) is 6.07 Å². The topological polar surface area (TPSA) is 47.3 Å². The normalized spacial score (nSPS) is 20.5. The van der Waals surface area contributed by atoms with Crippen molar-refractivity contribution in [2.24, 2.45) is 5.41 Å². The molecule has 0 saturated carbocycles. The Morgan fingerprint density at radius 3 is 2.65 bits per heavy atom. The molecule has 0 N–H and O–H groups in total. The summed E-state index contributed by atoms with van der Waals surface area (Å²) in [5.41, 5.74) is 2.42. The first-order chi connectivity index (χ1) is 12.6. The molecule has 26 heavy (non-hydrogen) atoms. The highest BCUT2D eigenvalue weighted by atomic mass is 16.2. The Kier molecular flexibility index (Phi) is 6.32. The lowest BCUT2D eigenvalue weighted by Crippen LogP contribution is -2.43. The van der Waals surface area contributed by atoms with Crippen LogP contribution in [-0.4, -0.2) is 41.9 Å². The molecule has 0 unspecified atom stereocenters. The summed E-state index contributed by atoms with van der Waals surface area (Å²) < 4.78 is 0. The van der Waals surface area contributed by atoms with Crippen molar-refractivity contribution in [1.82, 2.24) is 9.80 Å². The molecule has 0 aromatic heterocycles. The summed E-state index contributed by atoms with van der Waals surface area (Å²) in [5.74, 6) is 0.343. The van der Waals surface area contributed by atoms with Gasteiger partial charge in [0.15, 0.2) is 0 Å². The predicted octanol–water partition coefficient (Wildman–Crippen LogP) is 3.95. The number of carbonyl (C=O) groups is 1. The Hall–Kier alpha value is -1.86. The van der Waals surface area contributed by atoms with Gasteiger partial charge in [-0.05, 0) is 74.7 Å². The van der Waals surface area contributed by atoms with Crippen LogP contribution in [0.5, 0.6) is 0 Å². The number of hydrogen-bond donors (Lipinski definition) is 0. The minimum Gasteiger partial charge on any atom is -0.343 e. The smallest absolute Gasteiger partial charge is 0.222 e.